The van der Waals surface area contributed by atoms with Crippen LogP contribution in [0.15, 0.2) is 46.8 Å². The Hall–Kier alpha value is -3.36. The number of thioether (sulfide) groups is 2. The van der Waals surface area contributed by atoms with Crippen molar-refractivity contribution in [2.24, 2.45) is 0 Å². The van der Waals surface area contributed by atoms with Crippen LogP contribution in [-0.2, 0) is 30.3 Å². The zero-order chi connectivity index (χ0) is 25.8. The first kappa shape index (κ1) is 25.7. The van der Waals surface area contributed by atoms with Gasteiger partial charge in [0.2, 0.25) is 5.16 Å². The zero-order valence-electron chi connectivity index (χ0n) is 19.0. The number of aromatic amines is 1. The van der Waals surface area contributed by atoms with Crippen molar-refractivity contribution in [2.75, 3.05) is 18.1 Å². The number of carbonyl (C=O) groups excluding carboxylic acids is 3. The number of rotatable bonds is 10. The molecule has 0 bridgehead atoms. The van der Waals surface area contributed by atoms with E-state index in [0.29, 0.717) is 27.9 Å². The number of aliphatic hydroxyl groups is 1. The van der Waals surface area contributed by atoms with Crippen LogP contribution in [0.4, 0.5) is 0 Å². The minimum atomic E-state index is -1.45. The first-order valence-corrected chi connectivity index (χ1v) is 13.0. The molecule has 4 rings (SSSR count). The van der Waals surface area contributed by atoms with Crippen LogP contribution in [0.5, 0.6) is 0 Å². The van der Waals surface area contributed by atoms with Gasteiger partial charge in [-0.2, -0.15) is 0 Å². The summed E-state index contributed by atoms with van der Waals surface area (Å²) in [6, 6.07) is 7.36. The molecule has 2 amide bonds. The van der Waals surface area contributed by atoms with Gasteiger partial charge in [0.25, 0.3) is 11.8 Å². The van der Waals surface area contributed by atoms with Crippen molar-refractivity contribution in [3.8, 4) is 0 Å². The van der Waals surface area contributed by atoms with Crippen LogP contribution in [0.2, 0.25) is 0 Å². The molecule has 1 aromatic carbocycles. The van der Waals surface area contributed by atoms with Gasteiger partial charge >= 0.3 is 11.9 Å². The number of ether oxygens (including phenoxy) is 1. The highest BCUT2D eigenvalue weighted by molar-refractivity contribution is 8.01. The molecule has 1 unspecified atom stereocenters. The number of fused-ring (bicyclic) bond motifs is 1. The molecule has 2 aliphatic heterocycles. The smallest absolute Gasteiger partial charge is 0.352 e. The lowest BCUT2D eigenvalue weighted by molar-refractivity contribution is -0.151. The summed E-state index contributed by atoms with van der Waals surface area (Å²) in [5.41, 5.74) is 0.762. The van der Waals surface area contributed by atoms with Crippen LogP contribution in [0, 0.1) is 0 Å². The lowest BCUT2D eigenvalue weighted by Gasteiger charge is -2.49. The molecule has 2 aliphatic rings. The maximum atomic E-state index is 12.8. The summed E-state index contributed by atoms with van der Waals surface area (Å²) < 4.78 is 4.87. The van der Waals surface area contributed by atoms with Gasteiger partial charge in [0, 0.05) is 11.5 Å². The molecule has 12 nitrogen and oxygen atoms in total. The summed E-state index contributed by atoms with van der Waals surface area (Å²) >= 11 is 2.49. The van der Waals surface area contributed by atoms with Crippen molar-refractivity contribution >= 4 is 47.3 Å². The van der Waals surface area contributed by atoms with E-state index in [-0.39, 0.29) is 24.5 Å². The number of esters is 1. The van der Waals surface area contributed by atoms with E-state index in [2.05, 4.69) is 20.5 Å². The predicted octanol–water partition coefficient (Wildman–Crippen LogP) is 0.475. The second-order valence-corrected chi connectivity index (χ2v) is 9.85. The zero-order valence-corrected chi connectivity index (χ0v) is 20.7. The van der Waals surface area contributed by atoms with Crippen molar-refractivity contribution in [1.82, 2.24) is 25.4 Å². The molecular weight excluding hydrogens is 510 g/mol. The summed E-state index contributed by atoms with van der Waals surface area (Å²) in [5, 5.41) is 29.1. The van der Waals surface area contributed by atoms with E-state index in [1.165, 1.54) is 23.5 Å². The Balaban J connectivity index is 1.40. The molecule has 2 aromatic rings. The van der Waals surface area contributed by atoms with Gasteiger partial charge in [-0.05, 0) is 18.1 Å². The second-order valence-electron chi connectivity index (χ2n) is 7.80. The van der Waals surface area contributed by atoms with Crippen LogP contribution in [0.1, 0.15) is 24.4 Å². The fourth-order valence-corrected chi connectivity index (χ4v) is 6.04. The number of aromatic nitrogens is 3. The monoisotopic (exact) mass is 533 g/mol. The topological polar surface area (TPSA) is 175 Å². The molecule has 3 heterocycles. The largest absolute Gasteiger partial charge is 0.477 e. The molecular formula is C22H23N5O7S2. The van der Waals surface area contributed by atoms with Crippen molar-refractivity contribution in [2.45, 2.75) is 36.0 Å². The Morgan fingerprint density at radius 2 is 2.08 bits per heavy atom. The van der Waals surface area contributed by atoms with Crippen molar-refractivity contribution in [1.29, 1.82) is 0 Å². The Labute approximate surface area is 213 Å². The number of amides is 2. The number of carboxylic acid groups (broad SMARTS) is 1. The third-order valence-corrected chi connectivity index (χ3v) is 7.69. The first-order valence-electron chi connectivity index (χ1n) is 10.9. The van der Waals surface area contributed by atoms with E-state index < -0.39 is 41.3 Å². The molecule has 190 valence electrons. The number of aliphatic hydroxyl groups excluding tert-OH is 1. The second kappa shape index (κ2) is 11.1. The Bertz CT molecular complexity index is 1200. The molecule has 0 radical (unpaired) electrons. The first-order chi connectivity index (χ1) is 17.3. The Kier molecular flexibility index (Phi) is 7.96. The van der Waals surface area contributed by atoms with Gasteiger partial charge in [-0.3, -0.25) is 24.4 Å². The molecule has 0 aliphatic carbocycles. The SMILES string of the molecule is CCOC(=O)Cc1nc(SCC2=C(C(=O)O)N3C(=O)C(NC(=O)[C@H](O)c4ccccc4)[C@H]3SC2)n[nH]1. The minimum absolute atomic E-state index is 0.0592. The van der Waals surface area contributed by atoms with Crippen LogP contribution in [-0.4, -0.2) is 83.6 Å². The maximum absolute atomic E-state index is 12.8. The number of nitrogens with one attached hydrogen (secondary N) is 2. The average Bonchev–Trinajstić information content (AvgIpc) is 3.32. The van der Waals surface area contributed by atoms with E-state index in [0.717, 1.165) is 4.90 Å². The van der Waals surface area contributed by atoms with Gasteiger partial charge in [0.05, 0.1) is 6.61 Å². The lowest BCUT2D eigenvalue weighted by atomic mass is 10.0. The summed E-state index contributed by atoms with van der Waals surface area (Å²) in [7, 11) is 0. The van der Waals surface area contributed by atoms with E-state index >= 15 is 0 Å². The van der Waals surface area contributed by atoms with Gasteiger partial charge < -0.3 is 20.3 Å². The number of hydrogen-bond donors (Lipinski definition) is 4. The number of carbonyl (C=O) groups is 4. The third-order valence-electron chi connectivity index (χ3n) is 5.42. The highest BCUT2D eigenvalue weighted by atomic mass is 32.2. The number of carboxylic acids is 1. The average molecular weight is 534 g/mol. The molecule has 1 fully saturated rings. The molecule has 3 atom stereocenters. The minimum Gasteiger partial charge on any atom is -0.477 e. The van der Waals surface area contributed by atoms with Gasteiger partial charge in [-0.25, -0.2) is 9.78 Å². The van der Waals surface area contributed by atoms with Crippen LogP contribution >= 0.6 is 23.5 Å². The van der Waals surface area contributed by atoms with Crippen molar-refractivity contribution in [3.63, 3.8) is 0 Å². The molecule has 0 spiro atoms. The molecule has 14 heteroatoms. The van der Waals surface area contributed by atoms with Crippen molar-refractivity contribution < 1.29 is 34.1 Å². The molecule has 36 heavy (non-hydrogen) atoms. The van der Waals surface area contributed by atoms with E-state index in [4.69, 9.17) is 4.74 Å². The molecule has 0 saturated carbocycles. The number of hydrogen-bond acceptors (Lipinski definition) is 10. The van der Waals surface area contributed by atoms with Crippen LogP contribution < -0.4 is 5.32 Å². The van der Waals surface area contributed by atoms with Gasteiger partial charge in [0.15, 0.2) is 6.10 Å². The summed E-state index contributed by atoms with van der Waals surface area (Å²) in [4.78, 5) is 54.3. The quantitative estimate of drug-likeness (QED) is 0.190. The van der Waals surface area contributed by atoms with Crippen molar-refractivity contribution in [3.05, 3.63) is 53.0 Å². The normalized spacial score (nSPS) is 19.8. The van der Waals surface area contributed by atoms with Gasteiger partial charge in [0.1, 0.15) is 29.4 Å². The summed E-state index contributed by atoms with van der Waals surface area (Å²) in [5.74, 6) is -2.12. The standard InChI is InChI=1S/C22H23N5O7S2/c1-2-34-14(28)8-13-23-22(26-25-13)36-10-12-9-35-20-15(19(31)27(20)16(12)21(32)33)24-18(30)17(29)11-6-4-3-5-7-11/h3-7,15,17,20,29H,2,8-10H2,1H3,(H,24,30)(H,32,33)(H,23,25,26)/t15?,17-,20-/m1/s1. The summed E-state index contributed by atoms with van der Waals surface area (Å²) in [6.45, 7) is 1.96. The molecule has 1 saturated heterocycles. The van der Waals surface area contributed by atoms with Gasteiger partial charge in [-0.1, -0.05) is 42.1 Å². The highest BCUT2D eigenvalue weighted by Crippen LogP contribution is 2.41. The van der Waals surface area contributed by atoms with Crippen LogP contribution in [0.25, 0.3) is 0 Å². The molecule has 4 N–H and O–H groups in total. The van der Waals surface area contributed by atoms with E-state index in [9.17, 15) is 29.4 Å². The lowest BCUT2D eigenvalue weighted by Crippen LogP contribution is -2.70. The number of H-pyrrole nitrogens is 1. The predicted molar refractivity (Wildman–Crippen MR) is 129 cm³/mol. The summed E-state index contributed by atoms with van der Waals surface area (Å²) in [6.07, 6.45) is -1.51. The van der Waals surface area contributed by atoms with Crippen LogP contribution in [0.3, 0.4) is 0 Å². The van der Waals surface area contributed by atoms with E-state index in [1.54, 1.807) is 37.3 Å². The van der Waals surface area contributed by atoms with Gasteiger partial charge in [-0.15, -0.1) is 16.9 Å². The Morgan fingerprint density at radius 1 is 1.33 bits per heavy atom. The number of β-lactam (4-membered cyclic amide) rings is 1. The number of benzene rings is 1. The maximum Gasteiger partial charge on any atom is 0.352 e. The van der Waals surface area contributed by atoms with E-state index in [1.807, 2.05) is 0 Å². The molecule has 1 aromatic heterocycles. The highest BCUT2D eigenvalue weighted by Gasteiger charge is 2.54. The third kappa shape index (κ3) is 5.39. The number of nitrogens with zero attached hydrogens (tertiary/aromatic N) is 3. The fraction of sp³-hybridized carbons (Fsp3) is 0.364. The fourth-order valence-electron chi connectivity index (χ4n) is 3.74. The Morgan fingerprint density at radius 3 is 2.78 bits per heavy atom. The number of aliphatic carboxylic acids is 1.